The van der Waals surface area contributed by atoms with E-state index in [4.69, 9.17) is 4.74 Å². The molecule has 0 rings (SSSR count). The molecular weight excluding hydrogens is 208 g/mol. The summed E-state index contributed by atoms with van der Waals surface area (Å²) >= 11 is 4.15. The summed E-state index contributed by atoms with van der Waals surface area (Å²) < 4.78 is 4.43. The Morgan fingerprint density at radius 3 is 2.20 bits per heavy atom. The molecule has 0 unspecified atom stereocenters. The van der Waals surface area contributed by atoms with Crippen molar-refractivity contribution >= 4 is 18.6 Å². The van der Waals surface area contributed by atoms with Gasteiger partial charge in [0.15, 0.2) is 0 Å². The normalized spacial score (nSPS) is 11.5. The number of carbonyl (C=O) groups excluding carboxylic acids is 1. The third kappa shape index (κ3) is 8.79. The minimum atomic E-state index is -0.664. The van der Waals surface area contributed by atoms with E-state index < -0.39 is 4.75 Å². The molecule has 0 aliphatic rings. The van der Waals surface area contributed by atoms with Crippen molar-refractivity contribution < 1.29 is 9.53 Å². The Kier molecular flexibility index (Phi) is 7.93. The first-order chi connectivity index (χ1) is 6.98. The van der Waals surface area contributed by atoms with Gasteiger partial charge in [0.1, 0.15) is 4.75 Å². The number of carbonyl (C=O) groups is 1. The van der Waals surface area contributed by atoms with Gasteiger partial charge in [-0.3, -0.25) is 4.79 Å². The van der Waals surface area contributed by atoms with Gasteiger partial charge in [0.05, 0.1) is 6.61 Å². The van der Waals surface area contributed by atoms with Crippen molar-refractivity contribution in [2.24, 2.45) is 0 Å². The SMILES string of the molecule is CCCCCCCCOC(=O)C(C)(C)S. The predicted molar refractivity (Wildman–Crippen MR) is 67.4 cm³/mol. The van der Waals surface area contributed by atoms with Crippen LogP contribution in [0.25, 0.3) is 0 Å². The van der Waals surface area contributed by atoms with Crippen LogP contribution in [0.15, 0.2) is 0 Å². The van der Waals surface area contributed by atoms with Crippen molar-refractivity contribution in [1.29, 1.82) is 0 Å². The molecule has 3 heteroatoms. The van der Waals surface area contributed by atoms with Crippen LogP contribution in [-0.2, 0) is 9.53 Å². The standard InChI is InChI=1S/C12H24O2S/c1-4-5-6-7-8-9-10-14-11(13)12(2,3)15/h15H,4-10H2,1-3H3. The fraction of sp³-hybridized carbons (Fsp3) is 0.917. The lowest BCUT2D eigenvalue weighted by Gasteiger charge is -2.15. The Bertz CT molecular complexity index is 173. The second kappa shape index (κ2) is 8.03. The van der Waals surface area contributed by atoms with Crippen molar-refractivity contribution in [2.45, 2.75) is 64.0 Å². The average molecular weight is 232 g/mol. The Morgan fingerprint density at radius 1 is 1.13 bits per heavy atom. The Hall–Kier alpha value is -0.180. The van der Waals surface area contributed by atoms with Gasteiger partial charge in [-0.1, -0.05) is 39.0 Å². The van der Waals surface area contributed by atoms with Crippen LogP contribution >= 0.6 is 12.6 Å². The van der Waals surface area contributed by atoms with Crippen LogP contribution < -0.4 is 0 Å². The highest BCUT2D eigenvalue weighted by Crippen LogP contribution is 2.14. The van der Waals surface area contributed by atoms with Crippen molar-refractivity contribution in [3.05, 3.63) is 0 Å². The number of unbranched alkanes of at least 4 members (excludes halogenated alkanes) is 5. The highest BCUT2D eigenvalue weighted by Gasteiger charge is 2.23. The molecule has 0 radical (unpaired) electrons. The zero-order chi connectivity index (χ0) is 11.7. The van der Waals surface area contributed by atoms with E-state index in [2.05, 4.69) is 19.6 Å². The van der Waals surface area contributed by atoms with Crippen molar-refractivity contribution in [3.63, 3.8) is 0 Å². The van der Waals surface area contributed by atoms with Crippen LogP contribution in [0.1, 0.15) is 59.3 Å². The zero-order valence-corrected chi connectivity index (χ0v) is 11.1. The van der Waals surface area contributed by atoms with Crippen LogP contribution in [0.5, 0.6) is 0 Å². The summed E-state index contributed by atoms with van der Waals surface area (Å²) in [4.78, 5) is 11.3. The van der Waals surface area contributed by atoms with Crippen LogP contribution in [0.2, 0.25) is 0 Å². The summed E-state index contributed by atoms with van der Waals surface area (Å²) in [5, 5.41) is 0. The summed E-state index contributed by atoms with van der Waals surface area (Å²) in [6.07, 6.45) is 7.24. The van der Waals surface area contributed by atoms with Gasteiger partial charge in [0.25, 0.3) is 0 Å². The Balaban J connectivity index is 3.28. The number of esters is 1. The summed E-state index contributed by atoms with van der Waals surface area (Å²) in [5.74, 6) is -0.223. The minimum Gasteiger partial charge on any atom is -0.465 e. The monoisotopic (exact) mass is 232 g/mol. The van der Waals surface area contributed by atoms with E-state index in [9.17, 15) is 4.79 Å². The van der Waals surface area contributed by atoms with Gasteiger partial charge in [0, 0.05) is 0 Å². The molecule has 0 fully saturated rings. The molecule has 0 aromatic rings. The molecule has 0 atom stereocenters. The molecule has 0 bridgehead atoms. The second-order valence-electron chi connectivity index (χ2n) is 4.46. The Labute approximate surface area is 99.2 Å². The van der Waals surface area contributed by atoms with Gasteiger partial charge in [0.2, 0.25) is 0 Å². The molecule has 0 saturated heterocycles. The van der Waals surface area contributed by atoms with E-state index in [0.29, 0.717) is 6.61 Å². The maximum atomic E-state index is 11.3. The summed E-state index contributed by atoms with van der Waals surface area (Å²) in [6, 6.07) is 0. The fourth-order valence-electron chi connectivity index (χ4n) is 1.22. The van der Waals surface area contributed by atoms with E-state index >= 15 is 0 Å². The highest BCUT2D eigenvalue weighted by molar-refractivity contribution is 7.82. The first kappa shape index (κ1) is 14.8. The molecule has 0 heterocycles. The number of rotatable bonds is 8. The number of thiol groups is 1. The van der Waals surface area contributed by atoms with Gasteiger partial charge in [-0.15, -0.1) is 0 Å². The lowest BCUT2D eigenvalue weighted by atomic mass is 10.1. The maximum absolute atomic E-state index is 11.3. The topological polar surface area (TPSA) is 26.3 Å². The lowest BCUT2D eigenvalue weighted by molar-refractivity contribution is -0.145. The molecule has 0 aromatic heterocycles. The quantitative estimate of drug-likeness (QED) is 0.393. The molecule has 0 saturated carbocycles. The lowest BCUT2D eigenvalue weighted by Crippen LogP contribution is -2.27. The molecule has 0 aromatic carbocycles. The number of hydrogen-bond donors (Lipinski definition) is 1. The smallest absolute Gasteiger partial charge is 0.321 e. The Morgan fingerprint density at radius 2 is 1.67 bits per heavy atom. The average Bonchev–Trinajstić information content (AvgIpc) is 2.14. The van der Waals surface area contributed by atoms with Gasteiger partial charge in [-0.25, -0.2) is 0 Å². The molecule has 15 heavy (non-hydrogen) atoms. The molecule has 0 aliphatic heterocycles. The molecule has 2 nitrogen and oxygen atoms in total. The molecular formula is C12H24O2S. The zero-order valence-electron chi connectivity index (χ0n) is 10.2. The highest BCUT2D eigenvalue weighted by atomic mass is 32.1. The van der Waals surface area contributed by atoms with E-state index in [-0.39, 0.29) is 5.97 Å². The molecule has 0 spiro atoms. The van der Waals surface area contributed by atoms with Crippen LogP contribution in [0, 0.1) is 0 Å². The molecule has 0 aliphatic carbocycles. The van der Waals surface area contributed by atoms with Crippen molar-refractivity contribution in [3.8, 4) is 0 Å². The first-order valence-electron chi connectivity index (χ1n) is 5.88. The minimum absolute atomic E-state index is 0.223. The van der Waals surface area contributed by atoms with Gasteiger partial charge in [-0.05, 0) is 20.3 Å². The predicted octanol–water partition coefficient (Wildman–Crippen LogP) is 3.60. The van der Waals surface area contributed by atoms with E-state index in [1.165, 1.54) is 25.7 Å². The number of ether oxygens (including phenoxy) is 1. The van der Waals surface area contributed by atoms with Crippen molar-refractivity contribution in [2.75, 3.05) is 6.61 Å². The van der Waals surface area contributed by atoms with Gasteiger partial charge >= 0.3 is 5.97 Å². The first-order valence-corrected chi connectivity index (χ1v) is 6.32. The van der Waals surface area contributed by atoms with Crippen molar-refractivity contribution in [1.82, 2.24) is 0 Å². The molecule has 0 N–H and O–H groups in total. The third-order valence-electron chi connectivity index (χ3n) is 2.23. The van der Waals surface area contributed by atoms with Crippen LogP contribution in [0.3, 0.4) is 0 Å². The fourth-order valence-corrected chi connectivity index (χ4v) is 1.29. The van der Waals surface area contributed by atoms with E-state index in [1.54, 1.807) is 13.8 Å². The largest absolute Gasteiger partial charge is 0.465 e. The van der Waals surface area contributed by atoms with Crippen LogP contribution in [-0.4, -0.2) is 17.3 Å². The maximum Gasteiger partial charge on any atom is 0.321 e. The summed E-state index contributed by atoms with van der Waals surface area (Å²) in [5.41, 5.74) is 0. The third-order valence-corrected chi connectivity index (χ3v) is 2.41. The van der Waals surface area contributed by atoms with Crippen LogP contribution in [0.4, 0.5) is 0 Å². The molecule has 0 amide bonds. The van der Waals surface area contributed by atoms with E-state index in [0.717, 1.165) is 12.8 Å². The van der Waals surface area contributed by atoms with Gasteiger partial charge in [-0.2, -0.15) is 12.6 Å². The summed E-state index contributed by atoms with van der Waals surface area (Å²) in [7, 11) is 0. The van der Waals surface area contributed by atoms with Gasteiger partial charge < -0.3 is 4.74 Å². The van der Waals surface area contributed by atoms with E-state index in [1.807, 2.05) is 0 Å². The summed E-state index contributed by atoms with van der Waals surface area (Å²) in [6.45, 7) is 6.24. The number of hydrogen-bond acceptors (Lipinski definition) is 3. The molecule has 90 valence electrons. The second-order valence-corrected chi connectivity index (χ2v) is 5.58.